The van der Waals surface area contributed by atoms with Gasteiger partial charge in [-0.05, 0) is 30.1 Å². The average Bonchev–Trinajstić information content (AvgIpc) is 2.29. The lowest BCUT2D eigenvalue weighted by Crippen LogP contribution is -2.03. The second kappa shape index (κ2) is 5.42. The SMILES string of the molecule is O=[N+]([O-])c1ccc(Br)cc1C1SCCCS1. The van der Waals surface area contributed by atoms with Crippen LogP contribution in [-0.4, -0.2) is 16.4 Å². The maximum absolute atomic E-state index is 10.9. The van der Waals surface area contributed by atoms with E-state index in [-0.39, 0.29) is 15.2 Å². The molecule has 1 fully saturated rings. The maximum Gasteiger partial charge on any atom is 0.274 e. The monoisotopic (exact) mass is 319 g/mol. The molecule has 0 N–H and O–H groups in total. The van der Waals surface area contributed by atoms with Crippen LogP contribution in [0.5, 0.6) is 0 Å². The summed E-state index contributed by atoms with van der Waals surface area (Å²) in [6.07, 6.45) is 1.19. The van der Waals surface area contributed by atoms with Crippen LogP contribution in [0.1, 0.15) is 16.6 Å². The molecule has 6 heteroatoms. The Morgan fingerprint density at radius 3 is 2.69 bits per heavy atom. The number of nitro groups is 1. The van der Waals surface area contributed by atoms with E-state index in [2.05, 4.69) is 15.9 Å². The van der Waals surface area contributed by atoms with Crippen LogP contribution in [0.25, 0.3) is 0 Å². The summed E-state index contributed by atoms with van der Waals surface area (Å²) in [5.74, 6) is 2.17. The van der Waals surface area contributed by atoms with Crippen LogP contribution in [0.2, 0.25) is 0 Å². The number of hydrogen-bond acceptors (Lipinski definition) is 4. The molecule has 2 rings (SSSR count). The van der Waals surface area contributed by atoms with Crippen molar-refractivity contribution in [3.05, 3.63) is 38.3 Å². The van der Waals surface area contributed by atoms with E-state index < -0.39 is 0 Å². The summed E-state index contributed by atoms with van der Waals surface area (Å²) in [5, 5.41) is 10.9. The number of benzene rings is 1. The summed E-state index contributed by atoms with van der Waals surface area (Å²) in [5.41, 5.74) is 1.06. The molecule has 1 aromatic carbocycles. The van der Waals surface area contributed by atoms with Gasteiger partial charge in [0.25, 0.3) is 5.69 Å². The normalized spacial score (nSPS) is 17.3. The van der Waals surface area contributed by atoms with E-state index in [1.165, 1.54) is 6.42 Å². The van der Waals surface area contributed by atoms with Crippen LogP contribution >= 0.6 is 39.5 Å². The lowest BCUT2D eigenvalue weighted by Gasteiger charge is -2.21. The van der Waals surface area contributed by atoms with Crippen LogP contribution in [0.15, 0.2) is 22.7 Å². The molecule has 0 amide bonds. The standard InChI is InChI=1S/C10H10BrNO2S2/c11-7-2-3-9(12(13)14)8(6-7)10-15-4-1-5-16-10/h2-3,6,10H,1,4-5H2. The lowest BCUT2D eigenvalue weighted by molar-refractivity contribution is -0.385. The van der Waals surface area contributed by atoms with Crippen LogP contribution in [0.3, 0.4) is 0 Å². The summed E-state index contributed by atoms with van der Waals surface area (Å²) >= 11 is 6.96. The zero-order valence-corrected chi connectivity index (χ0v) is 11.6. The molecule has 16 heavy (non-hydrogen) atoms. The number of halogens is 1. The van der Waals surface area contributed by atoms with Crippen LogP contribution in [0.4, 0.5) is 5.69 Å². The van der Waals surface area contributed by atoms with Crippen molar-refractivity contribution in [2.45, 2.75) is 11.0 Å². The smallest absolute Gasteiger partial charge is 0.258 e. The molecular weight excluding hydrogens is 310 g/mol. The van der Waals surface area contributed by atoms with E-state index in [4.69, 9.17) is 0 Å². The maximum atomic E-state index is 10.9. The number of thioether (sulfide) groups is 2. The largest absolute Gasteiger partial charge is 0.274 e. The lowest BCUT2D eigenvalue weighted by atomic mass is 10.2. The highest BCUT2D eigenvalue weighted by atomic mass is 79.9. The van der Waals surface area contributed by atoms with Crippen molar-refractivity contribution >= 4 is 45.1 Å². The molecule has 0 spiro atoms. The summed E-state index contributed by atoms with van der Waals surface area (Å²) < 4.78 is 1.10. The van der Waals surface area contributed by atoms with E-state index in [9.17, 15) is 10.1 Å². The van der Waals surface area contributed by atoms with Crippen LogP contribution < -0.4 is 0 Å². The Morgan fingerprint density at radius 2 is 2.06 bits per heavy atom. The number of nitro benzene ring substituents is 1. The molecule has 0 aromatic heterocycles. The molecule has 0 saturated carbocycles. The fraction of sp³-hybridized carbons (Fsp3) is 0.400. The molecular formula is C10H10BrNO2S2. The molecule has 1 aromatic rings. The molecule has 1 aliphatic rings. The molecule has 0 atom stereocenters. The van der Waals surface area contributed by atoms with Crippen molar-refractivity contribution < 1.29 is 4.92 Å². The molecule has 1 saturated heterocycles. The summed E-state index contributed by atoms with van der Waals surface area (Å²) in [4.78, 5) is 10.7. The van der Waals surface area contributed by atoms with Crippen molar-refractivity contribution in [1.82, 2.24) is 0 Å². The van der Waals surface area contributed by atoms with Crippen molar-refractivity contribution in [2.24, 2.45) is 0 Å². The van der Waals surface area contributed by atoms with Crippen molar-refractivity contribution in [2.75, 3.05) is 11.5 Å². The van der Waals surface area contributed by atoms with Gasteiger partial charge in [-0.3, -0.25) is 10.1 Å². The first-order chi connectivity index (χ1) is 7.68. The van der Waals surface area contributed by atoms with Gasteiger partial charge in [-0.2, -0.15) is 0 Å². The Balaban J connectivity index is 2.36. The van der Waals surface area contributed by atoms with Crippen molar-refractivity contribution in [3.8, 4) is 0 Å². The Bertz CT molecular complexity index is 408. The summed E-state index contributed by atoms with van der Waals surface area (Å²) in [7, 11) is 0. The zero-order valence-electron chi connectivity index (χ0n) is 8.39. The van der Waals surface area contributed by atoms with Crippen molar-refractivity contribution in [3.63, 3.8) is 0 Å². The molecule has 86 valence electrons. The first kappa shape index (κ1) is 12.3. The quantitative estimate of drug-likeness (QED) is 0.604. The number of nitrogens with zero attached hydrogens (tertiary/aromatic N) is 1. The first-order valence-electron chi connectivity index (χ1n) is 4.85. The van der Waals surface area contributed by atoms with Crippen LogP contribution in [0, 0.1) is 10.1 Å². The van der Waals surface area contributed by atoms with Gasteiger partial charge in [0, 0.05) is 10.5 Å². The first-order valence-corrected chi connectivity index (χ1v) is 7.74. The minimum absolute atomic E-state index is 0.201. The Morgan fingerprint density at radius 1 is 1.38 bits per heavy atom. The second-order valence-electron chi connectivity index (χ2n) is 3.39. The minimum atomic E-state index is -0.294. The van der Waals surface area contributed by atoms with Crippen LogP contribution in [-0.2, 0) is 0 Å². The van der Waals surface area contributed by atoms with E-state index in [1.54, 1.807) is 35.7 Å². The minimum Gasteiger partial charge on any atom is -0.258 e. The third kappa shape index (κ3) is 2.73. The van der Waals surface area contributed by atoms with Gasteiger partial charge in [0.1, 0.15) is 0 Å². The van der Waals surface area contributed by atoms with Gasteiger partial charge in [-0.25, -0.2) is 0 Å². The number of rotatable bonds is 2. The van der Waals surface area contributed by atoms with Gasteiger partial charge in [0.05, 0.1) is 15.1 Å². The predicted molar refractivity (Wildman–Crippen MR) is 73.1 cm³/mol. The summed E-state index contributed by atoms with van der Waals surface area (Å²) in [6.45, 7) is 0. The molecule has 1 aliphatic heterocycles. The van der Waals surface area contributed by atoms with Gasteiger partial charge in [0.2, 0.25) is 0 Å². The third-order valence-corrected chi connectivity index (χ3v) is 5.74. The molecule has 0 unspecified atom stereocenters. The topological polar surface area (TPSA) is 43.1 Å². The molecule has 0 bridgehead atoms. The van der Waals surface area contributed by atoms with E-state index >= 15 is 0 Å². The second-order valence-corrected chi connectivity index (χ2v) is 7.03. The highest BCUT2D eigenvalue weighted by Crippen LogP contribution is 2.47. The molecule has 0 radical (unpaired) electrons. The van der Waals surface area contributed by atoms with Gasteiger partial charge >= 0.3 is 0 Å². The van der Waals surface area contributed by atoms with E-state index in [0.29, 0.717) is 0 Å². The Hall–Kier alpha value is -0.200. The number of hydrogen-bond donors (Lipinski definition) is 0. The zero-order chi connectivity index (χ0) is 11.5. The van der Waals surface area contributed by atoms with Gasteiger partial charge < -0.3 is 0 Å². The van der Waals surface area contributed by atoms with Gasteiger partial charge in [-0.1, -0.05) is 15.9 Å². The Kier molecular flexibility index (Phi) is 4.16. The van der Waals surface area contributed by atoms with Gasteiger partial charge in [0.15, 0.2) is 0 Å². The van der Waals surface area contributed by atoms with E-state index in [1.807, 2.05) is 6.07 Å². The molecule has 0 aliphatic carbocycles. The summed E-state index contributed by atoms with van der Waals surface area (Å²) in [6, 6.07) is 5.17. The average molecular weight is 320 g/mol. The molecule has 1 heterocycles. The fourth-order valence-corrected chi connectivity index (χ4v) is 4.86. The third-order valence-electron chi connectivity index (χ3n) is 2.27. The van der Waals surface area contributed by atoms with E-state index in [0.717, 1.165) is 21.5 Å². The van der Waals surface area contributed by atoms with Gasteiger partial charge in [-0.15, -0.1) is 23.5 Å². The molecule has 3 nitrogen and oxygen atoms in total. The predicted octanol–water partition coefficient (Wildman–Crippen LogP) is 4.23. The Labute approximate surface area is 111 Å². The fourth-order valence-electron chi connectivity index (χ4n) is 1.55. The van der Waals surface area contributed by atoms with Crippen molar-refractivity contribution in [1.29, 1.82) is 0 Å². The highest BCUT2D eigenvalue weighted by Gasteiger charge is 2.24. The highest BCUT2D eigenvalue weighted by molar-refractivity contribution is 9.10.